The summed E-state index contributed by atoms with van der Waals surface area (Å²) in [5.74, 6) is -0.360. The van der Waals surface area contributed by atoms with Crippen molar-refractivity contribution in [1.82, 2.24) is 5.32 Å². The average Bonchev–Trinajstić information content (AvgIpc) is 2.50. The number of rotatable bonds is 2. The van der Waals surface area contributed by atoms with E-state index >= 15 is 0 Å². The highest BCUT2D eigenvalue weighted by atomic mass is 16.5. The maximum atomic E-state index is 11.0. The standard InChI is InChI=1S/C7H13NO3/c1-11-7(10)6-3-8-2-5(6)4-9/h5-6,8-9H,2-4H2,1H3/t5-,6+/m1/s1. The number of methoxy groups -OCH3 is 1. The van der Waals surface area contributed by atoms with Crippen LogP contribution in [0.2, 0.25) is 0 Å². The molecule has 1 saturated heterocycles. The largest absolute Gasteiger partial charge is 0.469 e. The zero-order chi connectivity index (χ0) is 8.27. The van der Waals surface area contributed by atoms with Crippen LogP contribution in [0.25, 0.3) is 0 Å². The van der Waals surface area contributed by atoms with Crippen molar-refractivity contribution in [3.8, 4) is 0 Å². The van der Waals surface area contributed by atoms with Gasteiger partial charge in [0, 0.05) is 25.6 Å². The van der Waals surface area contributed by atoms with Crippen molar-refractivity contribution in [1.29, 1.82) is 0 Å². The van der Waals surface area contributed by atoms with E-state index < -0.39 is 0 Å². The monoisotopic (exact) mass is 159 g/mol. The molecule has 2 atom stereocenters. The first-order valence-electron chi connectivity index (χ1n) is 3.69. The summed E-state index contributed by atoms with van der Waals surface area (Å²) >= 11 is 0. The van der Waals surface area contributed by atoms with Crippen LogP contribution in [0.1, 0.15) is 0 Å². The number of carbonyl (C=O) groups excluding carboxylic acids is 1. The lowest BCUT2D eigenvalue weighted by molar-refractivity contribution is -0.146. The van der Waals surface area contributed by atoms with Crippen LogP contribution in [0.15, 0.2) is 0 Å². The zero-order valence-corrected chi connectivity index (χ0v) is 6.54. The summed E-state index contributed by atoms with van der Waals surface area (Å²) in [6.45, 7) is 1.38. The van der Waals surface area contributed by atoms with Crippen LogP contribution in [-0.2, 0) is 9.53 Å². The Morgan fingerprint density at radius 3 is 3.00 bits per heavy atom. The molecular formula is C7H13NO3. The number of hydrogen-bond donors (Lipinski definition) is 2. The van der Waals surface area contributed by atoms with Crippen LogP contribution in [0, 0.1) is 11.8 Å². The summed E-state index contributed by atoms with van der Waals surface area (Å²) in [4.78, 5) is 11.0. The number of nitrogens with one attached hydrogen (secondary N) is 1. The molecule has 1 aliphatic rings. The fourth-order valence-corrected chi connectivity index (χ4v) is 1.35. The van der Waals surface area contributed by atoms with Gasteiger partial charge in [-0.05, 0) is 0 Å². The van der Waals surface area contributed by atoms with E-state index in [1.807, 2.05) is 0 Å². The van der Waals surface area contributed by atoms with Crippen molar-refractivity contribution < 1.29 is 14.6 Å². The van der Waals surface area contributed by atoms with E-state index in [1.165, 1.54) is 7.11 Å². The minimum atomic E-state index is -0.228. The van der Waals surface area contributed by atoms with E-state index in [9.17, 15) is 4.79 Å². The summed E-state index contributed by atoms with van der Waals surface area (Å²) in [7, 11) is 1.37. The van der Waals surface area contributed by atoms with Crippen LogP contribution in [-0.4, -0.2) is 37.9 Å². The van der Waals surface area contributed by atoms with Gasteiger partial charge in [-0.25, -0.2) is 0 Å². The van der Waals surface area contributed by atoms with Crippen molar-refractivity contribution >= 4 is 5.97 Å². The zero-order valence-electron chi connectivity index (χ0n) is 6.54. The van der Waals surface area contributed by atoms with Gasteiger partial charge in [0.15, 0.2) is 0 Å². The molecule has 0 amide bonds. The lowest BCUT2D eigenvalue weighted by atomic mass is 9.97. The van der Waals surface area contributed by atoms with Gasteiger partial charge in [0.05, 0.1) is 13.0 Å². The van der Waals surface area contributed by atoms with Gasteiger partial charge in [-0.2, -0.15) is 0 Å². The molecule has 1 heterocycles. The summed E-state index contributed by atoms with van der Waals surface area (Å²) in [5, 5.41) is 11.9. The van der Waals surface area contributed by atoms with Crippen molar-refractivity contribution in [2.45, 2.75) is 0 Å². The van der Waals surface area contributed by atoms with E-state index in [0.29, 0.717) is 13.1 Å². The van der Waals surface area contributed by atoms with Crippen molar-refractivity contribution in [2.75, 3.05) is 26.8 Å². The Kier molecular flexibility index (Phi) is 2.84. The number of ether oxygens (including phenoxy) is 1. The highest BCUT2D eigenvalue weighted by molar-refractivity contribution is 5.73. The molecule has 0 radical (unpaired) electrons. The maximum absolute atomic E-state index is 11.0. The summed E-state index contributed by atoms with van der Waals surface area (Å²) in [6.07, 6.45) is 0. The molecule has 4 nitrogen and oxygen atoms in total. The molecule has 0 aromatic carbocycles. The van der Waals surface area contributed by atoms with E-state index in [2.05, 4.69) is 10.1 Å². The molecule has 0 aromatic heterocycles. The molecule has 11 heavy (non-hydrogen) atoms. The van der Waals surface area contributed by atoms with Gasteiger partial charge in [0.1, 0.15) is 0 Å². The van der Waals surface area contributed by atoms with Crippen LogP contribution >= 0.6 is 0 Å². The Morgan fingerprint density at radius 2 is 2.45 bits per heavy atom. The number of aliphatic hydroxyl groups excluding tert-OH is 1. The van der Waals surface area contributed by atoms with Crippen molar-refractivity contribution in [3.63, 3.8) is 0 Å². The minimum absolute atomic E-state index is 0.0300. The SMILES string of the molecule is COC(=O)[C@H]1CNC[C@@H]1CO. The van der Waals surface area contributed by atoms with Gasteiger partial charge in [0.2, 0.25) is 0 Å². The molecule has 4 heteroatoms. The van der Waals surface area contributed by atoms with E-state index in [0.717, 1.165) is 0 Å². The van der Waals surface area contributed by atoms with E-state index in [1.54, 1.807) is 0 Å². The normalized spacial score (nSPS) is 30.4. The number of esters is 1. The Bertz CT molecular complexity index is 149. The predicted octanol–water partition coefficient (Wildman–Crippen LogP) is -1.01. The Balaban J connectivity index is 2.49. The molecule has 2 N–H and O–H groups in total. The third kappa shape index (κ3) is 1.70. The number of aliphatic hydroxyl groups is 1. The molecule has 0 saturated carbocycles. The highest BCUT2D eigenvalue weighted by Gasteiger charge is 2.32. The van der Waals surface area contributed by atoms with Crippen LogP contribution in [0.5, 0.6) is 0 Å². The molecular weight excluding hydrogens is 146 g/mol. The first kappa shape index (κ1) is 8.49. The van der Waals surface area contributed by atoms with Gasteiger partial charge in [0.25, 0.3) is 0 Å². The van der Waals surface area contributed by atoms with Gasteiger partial charge in [-0.3, -0.25) is 4.79 Å². The molecule has 1 fully saturated rings. The Hall–Kier alpha value is -0.610. The van der Waals surface area contributed by atoms with Gasteiger partial charge in [-0.1, -0.05) is 0 Å². The second-order valence-corrected chi connectivity index (χ2v) is 2.73. The smallest absolute Gasteiger partial charge is 0.310 e. The quantitative estimate of drug-likeness (QED) is 0.507. The van der Waals surface area contributed by atoms with Crippen molar-refractivity contribution in [2.24, 2.45) is 11.8 Å². The first-order chi connectivity index (χ1) is 5.29. The number of carbonyl (C=O) groups is 1. The van der Waals surface area contributed by atoms with Gasteiger partial charge >= 0.3 is 5.97 Å². The molecule has 0 aromatic rings. The fraction of sp³-hybridized carbons (Fsp3) is 0.857. The van der Waals surface area contributed by atoms with Crippen molar-refractivity contribution in [3.05, 3.63) is 0 Å². The summed E-state index contributed by atoms with van der Waals surface area (Å²) in [5.41, 5.74) is 0. The molecule has 64 valence electrons. The summed E-state index contributed by atoms with van der Waals surface area (Å²) in [6, 6.07) is 0. The molecule has 1 aliphatic heterocycles. The first-order valence-corrected chi connectivity index (χ1v) is 3.69. The van der Waals surface area contributed by atoms with Gasteiger partial charge in [-0.15, -0.1) is 0 Å². The van der Waals surface area contributed by atoms with Crippen LogP contribution in [0.4, 0.5) is 0 Å². The van der Waals surface area contributed by atoms with Crippen LogP contribution in [0.3, 0.4) is 0 Å². The third-order valence-corrected chi connectivity index (χ3v) is 2.08. The Morgan fingerprint density at radius 1 is 1.73 bits per heavy atom. The molecule has 0 unspecified atom stereocenters. The van der Waals surface area contributed by atoms with Crippen LogP contribution < -0.4 is 5.32 Å². The lowest BCUT2D eigenvalue weighted by Gasteiger charge is -2.12. The second-order valence-electron chi connectivity index (χ2n) is 2.73. The minimum Gasteiger partial charge on any atom is -0.469 e. The Labute approximate surface area is 65.5 Å². The molecule has 0 aliphatic carbocycles. The molecule has 0 spiro atoms. The van der Waals surface area contributed by atoms with E-state index in [-0.39, 0.29) is 24.4 Å². The topological polar surface area (TPSA) is 58.6 Å². The molecule has 0 bridgehead atoms. The predicted molar refractivity (Wildman–Crippen MR) is 39.0 cm³/mol. The fourth-order valence-electron chi connectivity index (χ4n) is 1.35. The summed E-state index contributed by atoms with van der Waals surface area (Å²) < 4.78 is 4.58. The molecule has 1 rings (SSSR count). The third-order valence-electron chi connectivity index (χ3n) is 2.08. The highest BCUT2D eigenvalue weighted by Crippen LogP contribution is 2.16. The average molecular weight is 159 g/mol. The second kappa shape index (κ2) is 3.69. The van der Waals surface area contributed by atoms with Gasteiger partial charge < -0.3 is 15.2 Å². The van der Waals surface area contributed by atoms with E-state index in [4.69, 9.17) is 5.11 Å². The lowest BCUT2D eigenvalue weighted by Crippen LogP contribution is -2.25. The number of hydrogen-bond acceptors (Lipinski definition) is 4. The maximum Gasteiger partial charge on any atom is 0.310 e.